The second-order valence-corrected chi connectivity index (χ2v) is 3.13. The van der Waals surface area contributed by atoms with Gasteiger partial charge in [-0.1, -0.05) is 12.1 Å². The maximum Gasteiger partial charge on any atom is 0.137 e. The van der Waals surface area contributed by atoms with Gasteiger partial charge in [0.05, 0.1) is 19.4 Å². The van der Waals surface area contributed by atoms with Gasteiger partial charge >= 0.3 is 0 Å². The number of hydrogen-bond acceptors (Lipinski definition) is 3. The largest absolute Gasteiger partial charge is 0.497 e. The minimum absolute atomic E-state index is 0.0551. The van der Waals surface area contributed by atoms with Gasteiger partial charge in [-0.3, -0.25) is 0 Å². The van der Waals surface area contributed by atoms with Gasteiger partial charge in [0.2, 0.25) is 0 Å². The third-order valence-corrected chi connectivity index (χ3v) is 2.14. The number of H-pyrrole nitrogens is 1. The molecule has 0 radical (unpaired) electrons. The van der Waals surface area contributed by atoms with Crippen LogP contribution in [-0.4, -0.2) is 22.2 Å². The molecule has 1 heterocycles. The molecule has 2 aromatic rings. The summed E-state index contributed by atoms with van der Waals surface area (Å²) >= 11 is 0. The van der Waals surface area contributed by atoms with Crippen LogP contribution < -0.4 is 4.74 Å². The van der Waals surface area contributed by atoms with E-state index in [1.165, 1.54) is 0 Å². The molecule has 0 saturated carbocycles. The molecule has 0 bridgehead atoms. The third-order valence-electron chi connectivity index (χ3n) is 2.14. The van der Waals surface area contributed by atoms with Crippen LogP contribution in [0.5, 0.6) is 5.75 Å². The normalized spacial score (nSPS) is 10.3. The van der Waals surface area contributed by atoms with Crippen LogP contribution in [0.4, 0.5) is 0 Å². The van der Waals surface area contributed by atoms with Crippen LogP contribution in [0, 0.1) is 0 Å². The number of benzene rings is 1. The molecule has 2 N–H and O–H groups in total. The van der Waals surface area contributed by atoms with Crippen molar-refractivity contribution in [3.05, 3.63) is 36.2 Å². The maximum atomic E-state index is 8.89. The van der Waals surface area contributed by atoms with Gasteiger partial charge in [0.15, 0.2) is 0 Å². The van der Waals surface area contributed by atoms with Crippen molar-refractivity contribution in [1.29, 1.82) is 0 Å². The predicted molar refractivity (Wildman–Crippen MR) is 56.5 cm³/mol. The number of aliphatic hydroxyl groups excluding tert-OH is 1. The van der Waals surface area contributed by atoms with E-state index in [9.17, 15) is 0 Å². The number of aromatic nitrogens is 2. The quantitative estimate of drug-likeness (QED) is 0.798. The van der Waals surface area contributed by atoms with Crippen molar-refractivity contribution in [1.82, 2.24) is 9.97 Å². The van der Waals surface area contributed by atoms with Gasteiger partial charge in [-0.25, -0.2) is 4.98 Å². The van der Waals surface area contributed by atoms with Gasteiger partial charge in [0.1, 0.15) is 11.6 Å². The first kappa shape index (κ1) is 9.73. The summed E-state index contributed by atoms with van der Waals surface area (Å²) in [6.45, 7) is -0.0551. The number of aromatic amines is 1. The van der Waals surface area contributed by atoms with Gasteiger partial charge in [0, 0.05) is 11.8 Å². The minimum atomic E-state index is -0.0551. The van der Waals surface area contributed by atoms with Crippen molar-refractivity contribution in [3.63, 3.8) is 0 Å². The van der Waals surface area contributed by atoms with E-state index in [2.05, 4.69) is 9.97 Å². The Morgan fingerprint density at radius 1 is 1.47 bits per heavy atom. The van der Waals surface area contributed by atoms with Crippen molar-refractivity contribution in [2.75, 3.05) is 7.11 Å². The highest BCUT2D eigenvalue weighted by molar-refractivity contribution is 5.57. The molecular weight excluding hydrogens is 192 g/mol. The average molecular weight is 204 g/mol. The number of nitrogens with zero attached hydrogens (tertiary/aromatic N) is 1. The Morgan fingerprint density at radius 2 is 2.33 bits per heavy atom. The van der Waals surface area contributed by atoms with E-state index in [-0.39, 0.29) is 6.61 Å². The molecule has 0 aliphatic heterocycles. The summed E-state index contributed by atoms with van der Waals surface area (Å²) in [7, 11) is 1.63. The summed E-state index contributed by atoms with van der Waals surface area (Å²) in [6, 6.07) is 7.59. The average Bonchev–Trinajstić information content (AvgIpc) is 2.78. The van der Waals surface area contributed by atoms with Crippen LogP contribution in [0.1, 0.15) is 5.69 Å². The molecule has 1 aromatic carbocycles. The highest BCUT2D eigenvalue weighted by atomic mass is 16.5. The minimum Gasteiger partial charge on any atom is -0.497 e. The SMILES string of the molecule is COc1cccc(-c2nc(CO)c[nH]2)c1. The fourth-order valence-corrected chi connectivity index (χ4v) is 1.36. The van der Waals surface area contributed by atoms with Crippen molar-refractivity contribution in [2.24, 2.45) is 0 Å². The molecule has 15 heavy (non-hydrogen) atoms. The fourth-order valence-electron chi connectivity index (χ4n) is 1.36. The molecule has 0 spiro atoms. The van der Waals surface area contributed by atoms with Gasteiger partial charge in [-0.15, -0.1) is 0 Å². The first-order valence-corrected chi connectivity index (χ1v) is 4.63. The van der Waals surface area contributed by atoms with E-state index >= 15 is 0 Å². The fraction of sp³-hybridized carbons (Fsp3) is 0.182. The van der Waals surface area contributed by atoms with Crippen LogP contribution >= 0.6 is 0 Å². The first-order valence-electron chi connectivity index (χ1n) is 4.63. The monoisotopic (exact) mass is 204 g/mol. The molecule has 78 valence electrons. The van der Waals surface area contributed by atoms with Gasteiger partial charge in [0.25, 0.3) is 0 Å². The Bertz CT molecular complexity index is 451. The van der Waals surface area contributed by atoms with E-state index < -0.39 is 0 Å². The van der Waals surface area contributed by atoms with Crippen LogP contribution in [0.15, 0.2) is 30.5 Å². The standard InChI is InChI=1S/C11H12N2O2/c1-15-10-4-2-3-8(5-10)11-12-6-9(7-14)13-11/h2-6,14H,7H2,1H3,(H,12,13). The number of aliphatic hydroxyl groups is 1. The molecular formula is C11H12N2O2. The number of imidazole rings is 1. The second kappa shape index (κ2) is 4.14. The zero-order valence-corrected chi connectivity index (χ0v) is 8.40. The Morgan fingerprint density at radius 3 is 3.00 bits per heavy atom. The van der Waals surface area contributed by atoms with Gasteiger partial charge in [-0.2, -0.15) is 0 Å². The number of hydrogen-bond donors (Lipinski definition) is 2. The lowest BCUT2D eigenvalue weighted by Crippen LogP contribution is -1.86. The maximum absolute atomic E-state index is 8.89. The molecule has 2 rings (SSSR count). The lowest BCUT2D eigenvalue weighted by Gasteiger charge is -2.01. The highest BCUT2D eigenvalue weighted by Crippen LogP contribution is 2.20. The summed E-state index contributed by atoms with van der Waals surface area (Å²) in [4.78, 5) is 7.21. The first-order chi connectivity index (χ1) is 7.33. The molecule has 1 aromatic heterocycles. The summed E-state index contributed by atoms with van der Waals surface area (Å²) in [5, 5.41) is 8.89. The molecule has 0 amide bonds. The Labute approximate surface area is 87.6 Å². The van der Waals surface area contributed by atoms with Gasteiger partial charge in [-0.05, 0) is 12.1 Å². The Kier molecular flexibility index (Phi) is 2.69. The van der Waals surface area contributed by atoms with E-state index in [0.29, 0.717) is 5.69 Å². The van der Waals surface area contributed by atoms with Crippen LogP contribution in [-0.2, 0) is 6.61 Å². The molecule has 0 aliphatic rings. The topological polar surface area (TPSA) is 58.1 Å². The van der Waals surface area contributed by atoms with Crippen LogP contribution in [0.2, 0.25) is 0 Å². The summed E-state index contributed by atoms with van der Waals surface area (Å²) in [5.74, 6) is 1.52. The highest BCUT2D eigenvalue weighted by Gasteiger charge is 2.03. The van der Waals surface area contributed by atoms with Crippen molar-refractivity contribution < 1.29 is 9.84 Å². The van der Waals surface area contributed by atoms with E-state index in [1.807, 2.05) is 24.3 Å². The number of rotatable bonds is 3. The molecule has 4 heteroatoms. The predicted octanol–water partition coefficient (Wildman–Crippen LogP) is 1.58. The zero-order valence-electron chi connectivity index (χ0n) is 8.40. The van der Waals surface area contributed by atoms with E-state index in [1.54, 1.807) is 13.3 Å². The van der Waals surface area contributed by atoms with E-state index in [4.69, 9.17) is 9.84 Å². The lowest BCUT2D eigenvalue weighted by atomic mass is 10.2. The zero-order chi connectivity index (χ0) is 10.7. The van der Waals surface area contributed by atoms with Gasteiger partial charge < -0.3 is 14.8 Å². The lowest BCUT2D eigenvalue weighted by molar-refractivity contribution is 0.277. The molecule has 4 nitrogen and oxygen atoms in total. The number of methoxy groups -OCH3 is 1. The molecule has 0 aliphatic carbocycles. The molecule has 0 fully saturated rings. The van der Waals surface area contributed by atoms with Crippen molar-refractivity contribution in [2.45, 2.75) is 6.61 Å². The number of nitrogens with one attached hydrogen (secondary N) is 1. The Hall–Kier alpha value is -1.81. The molecule has 0 atom stereocenters. The number of ether oxygens (including phenoxy) is 1. The summed E-state index contributed by atoms with van der Waals surface area (Å²) < 4.78 is 5.12. The van der Waals surface area contributed by atoms with Crippen LogP contribution in [0.25, 0.3) is 11.4 Å². The molecule has 0 unspecified atom stereocenters. The summed E-state index contributed by atoms with van der Waals surface area (Å²) in [5.41, 5.74) is 1.57. The smallest absolute Gasteiger partial charge is 0.137 e. The molecule has 0 saturated heterocycles. The van der Waals surface area contributed by atoms with Crippen LogP contribution in [0.3, 0.4) is 0 Å². The van der Waals surface area contributed by atoms with E-state index in [0.717, 1.165) is 17.1 Å². The van der Waals surface area contributed by atoms with Crippen molar-refractivity contribution in [3.8, 4) is 17.1 Å². The third kappa shape index (κ3) is 1.99. The second-order valence-electron chi connectivity index (χ2n) is 3.13. The Balaban J connectivity index is 2.35. The van der Waals surface area contributed by atoms with Crippen molar-refractivity contribution >= 4 is 0 Å². The summed E-state index contributed by atoms with van der Waals surface area (Å²) in [6.07, 6.45) is 1.69.